The number of rotatable bonds is 14. The maximum atomic E-state index is 11.9. The van der Waals surface area contributed by atoms with Crippen molar-refractivity contribution in [3.63, 3.8) is 0 Å². The van der Waals surface area contributed by atoms with E-state index in [1.165, 1.54) is 38.4 Å². The topological polar surface area (TPSA) is 35.5 Å². The van der Waals surface area contributed by atoms with E-state index in [2.05, 4.69) is 52.8 Å². The maximum absolute atomic E-state index is 11.9. The standard InChI is InChI=1S/C25H42O3Si/c1-7-12-14-16-21(15-13-8-2)24(28-29(9-3,10-4)11-5)22-17-19-23(20-18-22)25(26)27-6/h16-20,24H,7-15H2,1-6H3/b21-16-/t24-/m1/s1. The number of esters is 1. The average molecular weight is 419 g/mol. The minimum absolute atomic E-state index is 0.00313. The smallest absolute Gasteiger partial charge is 0.337 e. The third-order valence-electron chi connectivity index (χ3n) is 6.06. The lowest BCUT2D eigenvalue weighted by atomic mass is 9.95. The van der Waals surface area contributed by atoms with E-state index in [4.69, 9.17) is 9.16 Å². The number of unbranched alkanes of at least 4 members (excludes halogenated alkanes) is 3. The normalized spacial score (nSPS) is 13.4. The highest BCUT2D eigenvalue weighted by atomic mass is 28.4. The van der Waals surface area contributed by atoms with E-state index in [0.29, 0.717) is 5.56 Å². The van der Waals surface area contributed by atoms with Gasteiger partial charge in [0.15, 0.2) is 8.32 Å². The third kappa shape index (κ3) is 7.75. The molecular formula is C25H42O3Si. The second-order valence-electron chi connectivity index (χ2n) is 7.88. The van der Waals surface area contributed by atoms with Crippen LogP contribution in [0.1, 0.15) is 95.2 Å². The second-order valence-corrected chi connectivity index (χ2v) is 12.6. The Kier molecular flexibility index (Phi) is 12.2. The van der Waals surface area contributed by atoms with E-state index < -0.39 is 8.32 Å². The van der Waals surface area contributed by atoms with Crippen LogP contribution in [0.3, 0.4) is 0 Å². The summed E-state index contributed by atoms with van der Waals surface area (Å²) in [5.41, 5.74) is 3.16. The summed E-state index contributed by atoms with van der Waals surface area (Å²) >= 11 is 0. The van der Waals surface area contributed by atoms with Gasteiger partial charge in [-0.2, -0.15) is 0 Å². The molecule has 0 bridgehead atoms. The van der Waals surface area contributed by atoms with Crippen LogP contribution in [0.25, 0.3) is 0 Å². The summed E-state index contributed by atoms with van der Waals surface area (Å²) in [5, 5.41) is 0. The molecule has 0 aliphatic heterocycles. The Labute approximate surface area is 180 Å². The van der Waals surface area contributed by atoms with Crippen LogP contribution in [0.15, 0.2) is 35.9 Å². The Balaban J connectivity index is 3.34. The molecule has 0 unspecified atom stereocenters. The van der Waals surface area contributed by atoms with E-state index in [9.17, 15) is 4.79 Å². The summed E-state index contributed by atoms with van der Waals surface area (Å²) in [6, 6.07) is 11.2. The minimum atomic E-state index is -1.79. The number of hydrogen-bond donors (Lipinski definition) is 0. The zero-order valence-corrected chi connectivity index (χ0v) is 20.6. The van der Waals surface area contributed by atoms with Crippen molar-refractivity contribution in [1.82, 2.24) is 0 Å². The molecule has 0 radical (unpaired) electrons. The van der Waals surface area contributed by atoms with Crippen LogP contribution in [-0.2, 0) is 9.16 Å². The van der Waals surface area contributed by atoms with Gasteiger partial charge in [-0.05, 0) is 60.7 Å². The molecule has 164 valence electrons. The first-order valence-corrected chi connectivity index (χ1v) is 14.1. The molecular weight excluding hydrogens is 376 g/mol. The SMILES string of the molecule is CCCC/C=C(/CCCC)[C@@H](O[Si](CC)(CC)CC)c1ccc(C(=O)OC)cc1. The Morgan fingerprint density at radius 3 is 2.03 bits per heavy atom. The van der Waals surface area contributed by atoms with Gasteiger partial charge in [-0.15, -0.1) is 0 Å². The largest absolute Gasteiger partial charge is 0.465 e. The van der Waals surface area contributed by atoms with E-state index in [1.807, 2.05) is 12.1 Å². The van der Waals surface area contributed by atoms with Gasteiger partial charge in [0.05, 0.1) is 18.8 Å². The molecule has 1 rings (SSSR count). The van der Waals surface area contributed by atoms with Crippen molar-refractivity contribution < 1.29 is 14.0 Å². The maximum Gasteiger partial charge on any atom is 0.337 e. The number of hydrogen-bond acceptors (Lipinski definition) is 3. The molecule has 29 heavy (non-hydrogen) atoms. The molecule has 3 nitrogen and oxygen atoms in total. The Morgan fingerprint density at radius 2 is 1.55 bits per heavy atom. The van der Waals surface area contributed by atoms with Crippen LogP contribution in [-0.4, -0.2) is 21.4 Å². The number of benzene rings is 1. The molecule has 0 fully saturated rings. The van der Waals surface area contributed by atoms with Gasteiger partial charge in [0.1, 0.15) is 0 Å². The van der Waals surface area contributed by atoms with Gasteiger partial charge in [-0.3, -0.25) is 0 Å². The highest BCUT2D eigenvalue weighted by molar-refractivity contribution is 6.73. The van der Waals surface area contributed by atoms with Gasteiger partial charge < -0.3 is 9.16 Å². The van der Waals surface area contributed by atoms with E-state index in [1.54, 1.807) is 0 Å². The number of carbonyl (C=O) groups excluding carboxylic acids is 1. The van der Waals surface area contributed by atoms with Crippen LogP contribution in [0.5, 0.6) is 0 Å². The van der Waals surface area contributed by atoms with E-state index in [-0.39, 0.29) is 12.1 Å². The van der Waals surface area contributed by atoms with Crippen LogP contribution in [0, 0.1) is 0 Å². The lowest BCUT2D eigenvalue weighted by Gasteiger charge is -2.35. The van der Waals surface area contributed by atoms with Gasteiger partial charge >= 0.3 is 5.97 Å². The van der Waals surface area contributed by atoms with Gasteiger partial charge in [0.2, 0.25) is 0 Å². The monoisotopic (exact) mass is 418 g/mol. The highest BCUT2D eigenvalue weighted by Gasteiger charge is 2.33. The number of carbonyl (C=O) groups is 1. The lowest BCUT2D eigenvalue weighted by molar-refractivity contribution is 0.0600. The lowest BCUT2D eigenvalue weighted by Crippen LogP contribution is -2.37. The molecule has 0 heterocycles. The van der Waals surface area contributed by atoms with Gasteiger partial charge in [0.25, 0.3) is 0 Å². The zero-order valence-electron chi connectivity index (χ0n) is 19.6. The molecule has 0 amide bonds. The zero-order chi connectivity index (χ0) is 21.7. The fraction of sp³-hybridized carbons (Fsp3) is 0.640. The number of methoxy groups -OCH3 is 1. The minimum Gasteiger partial charge on any atom is -0.465 e. The van der Waals surface area contributed by atoms with Crippen molar-refractivity contribution in [2.45, 2.75) is 97.4 Å². The Morgan fingerprint density at radius 1 is 0.966 bits per heavy atom. The first-order chi connectivity index (χ1) is 14.0. The van der Waals surface area contributed by atoms with Crippen LogP contribution in [0.4, 0.5) is 0 Å². The van der Waals surface area contributed by atoms with Gasteiger partial charge in [-0.25, -0.2) is 4.79 Å². The van der Waals surface area contributed by atoms with Crippen LogP contribution < -0.4 is 0 Å². The molecule has 0 N–H and O–H groups in total. The first kappa shape index (κ1) is 25.6. The summed E-state index contributed by atoms with van der Waals surface area (Å²) in [7, 11) is -0.366. The van der Waals surface area contributed by atoms with Crippen molar-refractivity contribution >= 4 is 14.3 Å². The second kappa shape index (κ2) is 13.8. The average Bonchev–Trinajstić information content (AvgIpc) is 2.77. The predicted octanol–water partition coefficient (Wildman–Crippen LogP) is 7.84. The summed E-state index contributed by atoms with van der Waals surface area (Å²) in [4.78, 5) is 11.9. The molecule has 1 aromatic rings. The highest BCUT2D eigenvalue weighted by Crippen LogP contribution is 2.36. The van der Waals surface area contributed by atoms with Gasteiger partial charge in [-0.1, -0.05) is 72.1 Å². The number of ether oxygens (including phenoxy) is 1. The molecule has 1 aromatic carbocycles. The van der Waals surface area contributed by atoms with Crippen molar-refractivity contribution in [2.75, 3.05) is 7.11 Å². The van der Waals surface area contributed by atoms with E-state index in [0.717, 1.165) is 36.5 Å². The van der Waals surface area contributed by atoms with Crippen molar-refractivity contribution in [1.29, 1.82) is 0 Å². The fourth-order valence-corrected chi connectivity index (χ4v) is 6.52. The van der Waals surface area contributed by atoms with Crippen molar-refractivity contribution in [2.24, 2.45) is 0 Å². The third-order valence-corrected chi connectivity index (χ3v) is 10.7. The molecule has 0 saturated heterocycles. The summed E-state index contributed by atoms with van der Waals surface area (Å²) in [6.45, 7) is 11.3. The Bertz CT molecular complexity index is 609. The molecule has 4 heteroatoms. The number of allylic oxidation sites excluding steroid dienone is 1. The Hall–Kier alpha value is -1.39. The molecule has 0 spiro atoms. The first-order valence-electron chi connectivity index (χ1n) is 11.6. The molecule has 0 saturated carbocycles. The summed E-state index contributed by atoms with van der Waals surface area (Å²) < 4.78 is 11.9. The van der Waals surface area contributed by atoms with Crippen molar-refractivity contribution in [3.8, 4) is 0 Å². The van der Waals surface area contributed by atoms with E-state index >= 15 is 0 Å². The van der Waals surface area contributed by atoms with Crippen LogP contribution >= 0.6 is 0 Å². The predicted molar refractivity (Wildman–Crippen MR) is 126 cm³/mol. The van der Waals surface area contributed by atoms with Gasteiger partial charge in [0, 0.05) is 0 Å². The molecule has 0 aliphatic rings. The van der Waals surface area contributed by atoms with Crippen molar-refractivity contribution in [3.05, 3.63) is 47.0 Å². The quantitative estimate of drug-likeness (QED) is 0.134. The molecule has 0 aromatic heterocycles. The summed E-state index contributed by atoms with van der Waals surface area (Å²) in [5.74, 6) is -0.293. The molecule has 1 atom stereocenters. The summed E-state index contributed by atoms with van der Waals surface area (Å²) in [6.07, 6.45) is 9.37. The fourth-order valence-electron chi connectivity index (χ4n) is 3.73. The van der Waals surface area contributed by atoms with Crippen LogP contribution in [0.2, 0.25) is 18.1 Å². The molecule has 0 aliphatic carbocycles.